The van der Waals surface area contributed by atoms with Crippen LogP contribution in [-0.2, 0) is 0 Å². The number of nitrogen functional groups attached to an aromatic ring is 1. The number of benzene rings is 3. The first kappa shape index (κ1) is 18.4. The Labute approximate surface area is 167 Å². The maximum atomic E-state index is 12.8. The van der Waals surface area contributed by atoms with Crippen LogP contribution in [0.15, 0.2) is 71.1 Å². The zero-order valence-corrected chi connectivity index (χ0v) is 16.1. The molecule has 0 fully saturated rings. The van der Waals surface area contributed by atoms with Gasteiger partial charge in [-0.2, -0.15) is 0 Å². The number of nitrogens with two attached hydrogens (primary N) is 1. The number of methoxy groups -OCH3 is 2. The second kappa shape index (κ2) is 7.59. The van der Waals surface area contributed by atoms with Crippen molar-refractivity contribution in [1.29, 1.82) is 0 Å². The fraction of sp³-hybridized carbons (Fsp3) is 0.0870. The van der Waals surface area contributed by atoms with Gasteiger partial charge in [0.25, 0.3) is 5.91 Å². The minimum Gasteiger partial charge on any atom is -0.493 e. The van der Waals surface area contributed by atoms with Gasteiger partial charge in [-0.3, -0.25) is 4.79 Å². The summed E-state index contributed by atoms with van der Waals surface area (Å²) in [6, 6.07) is 20.5. The molecule has 6 heteroatoms. The van der Waals surface area contributed by atoms with Crippen LogP contribution in [0.1, 0.15) is 10.6 Å². The van der Waals surface area contributed by atoms with Crippen LogP contribution >= 0.6 is 0 Å². The molecule has 3 N–H and O–H groups in total. The molecule has 0 saturated carbocycles. The van der Waals surface area contributed by atoms with Crippen molar-refractivity contribution in [3.63, 3.8) is 0 Å². The fourth-order valence-electron chi connectivity index (χ4n) is 3.14. The number of furan rings is 1. The van der Waals surface area contributed by atoms with E-state index < -0.39 is 5.91 Å². The molecule has 0 spiro atoms. The summed E-state index contributed by atoms with van der Waals surface area (Å²) in [5.41, 5.74) is 9.57. The molecule has 0 unspecified atom stereocenters. The SMILES string of the molecule is COc1cc2cc(C(=O)Nc3cc(-c4ccccc4)ccc3N)oc2cc1OC. The Morgan fingerprint density at radius 3 is 2.34 bits per heavy atom. The van der Waals surface area contributed by atoms with Crippen molar-refractivity contribution in [3.05, 3.63) is 72.5 Å². The highest BCUT2D eigenvalue weighted by atomic mass is 16.5. The van der Waals surface area contributed by atoms with E-state index in [1.807, 2.05) is 42.5 Å². The van der Waals surface area contributed by atoms with Gasteiger partial charge >= 0.3 is 0 Å². The van der Waals surface area contributed by atoms with Gasteiger partial charge in [0.05, 0.1) is 25.6 Å². The summed E-state index contributed by atoms with van der Waals surface area (Å²) in [7, 11) is 3.10. The zero-order valence-electron chi connectivity index (χ0n) is 16.1. The predicted octanol–water partition coefficient (Wildman–Crippen LogP) is 4.95. The standard InChI is InChI=1S/C23H20N2O4/c1-27-20-11-16-12-22(29-19(16)13-21(20)28-2)23(26)25-18-10-15(8-9-17(18)24)14-6-4-3-5-7-14/h3-13H,24H2,1-2H3,(H,25,26). The summed E-state index contributed by atoms with van der Waals surface area (Å²) in [5.74, 6) is 0.865. The third kappa shape index (κ3) is 3.60. The third-order valence-corrected chi connectivity index (χ3v) is 4.65. The van der Waals surface area contributed by atoms with Crippen molar-refractivity contribution in [3.8, 4) is 22.6 Å². The van der Waals surface area contributed by atoms with Crippen LogP contribution in [0.4, 0.5) is 11.4 Å². The smallest absolute Gasteiger partial charge is 0.291 e. The molecule has 1 aromatic heterocycles. The van der Waals surface area contributed by atoms with Crippen molar-refractivity contribution < 1.29 is 18.7 Å². The molecule has 0 aliphatic carbocycles. The van der Waals surface area contributed by atoms with Crippen LogP contribution in [0.5, 0.6) is 11.5 Å². The van der Waals surface area contributed by atoms with Gasteiger partial charge in [-0.1, -0.05) is 36.4 Å². The second-order valence-electron chi connectivity index (χ2n) is 6.48. The molecule has 0 bridgehead atoms. The van der Waals surface area contributed by atoms with E-state index in [9.17, 15) is 4.79 Å². The number of hydrogen-bond donors (Lipinski definition) is 2. The molecule has 6 nitrogen and oxygen atoms in total. The third-order valence-electron chi connectivity index (χ3n) is 4.65. The molecule has 0 aliphatic rings. The van der Waals surface area contributed by atoms with E-state index in [1.54, 1.807) is 38.5 Å². The monoisotopic (exact) mass is 388 g/mol. The molecular formula is C23H20N2O4. The maximum Gasteiger partial charge on any atom is 0.291 e. The van der Waals surface area contributed by atoms with Crippen LogP contribution in [0, 0.1) is 0 Å². The van der Waals surface area contributed by atoms with Crippen LogP contribution in [0.25, 0.3) is 22.1 Å². The van der Waals surface area contributed by atoms with E-state index in [2.05, 4.69) is 5.32 Å². The summed E-state index contributed by atoms with van der Waals surface area (Å²) in [4.78, 5) is 12.8. The van der Waals surface area contributed by atoms with E-state index in [4.69, 9.17) is 19.6 Å². The highest BCUT2D eigenvalue weighted by Gasteiger charge is 2.16. The molecule has 146 valence electrons. The summed E-state index contributed by atoms with van der Waals surface area (Å²) < 4.78 is 16.3. The molecule has 29 heavy (non-hydrogen) atoms. The quantitative estimate of drug-likeness (QED) is 0.472. The molecule has 1 amide bonds. The molecule has 1 heterocycles. The number of amides is 1. The Bertz CT molecular complexity index is 1140. The van der Waals surface area contributed by atoms with Gasteiger partial charge in [0.1, 0.15) is 5.58 Å². The molecule has 0 saturated heterocycles. The summed E-state index contributed by atoms with van der Waals surface area (Å²) >= 11 is 0. The number of rotatable bonds is 5. The Balaban J connectivity index is 1.64. The fourth-order valence-corrected chi connectivity index (χ4v) is 3.14. The summed E-state index contributed by atoms with van der Waals surface area (Å²) in [5, 5.41) is 3.57. The van der Waals surface area contributed by atoms with Crippen molar-refractivity contribution >= 4 is 28.3 Å². The minimum atomic E-state index is -0.393. The maximum absolute atomic E-state index is 12.8. The largest absolute Gasteiger partial charge is 0.493 e. The average Bonchev–Trinajstić information content (AvgIpc) is 3.18. The van der Waals surface area contributed by atoms with E-state index in [0.717, 1.165) is 16.5 Å². The van der Waals surface area contributed by atoms with Crippen LogP contribution in [0.3, 0.4) is 0 Å². The van der Waals surface area contributed by atoms with Crippen molar-refractivity contribution in [1.82, 2.24) is 0 Å². The number of ether oxygens (including phenoxy) is 2. The highest BCUT2D eigenvalue weighted by molar-refractivity contribution is 6.06. The lowest BCUT2D eigenvalue weighted by atomic mass is 10.0. The lowest BCUT2D eigenvalue weighted by molar-refractivity contribution is 0.0998. The van der Waals surface area contributed by atoms with E-state index in [0.29, 0.717) is 28.5 Å². The number of fused-ring (bicyclic) bond motifs is 1. The average molecular weight is 388 g/mol. The number of anilines is 2. The van der Waals surface area contributed by atoms with Gasteiger partial charge in [0, 0.05) is 11.5 Å². The second-order valence-corrected chi connectivity index (χ2v) is 6.48. The van der Waals surface area contributed by atoms with Crippen molar-refractivity contribution in [2.24, 2.45) is 0 Å². The van der Waals surface area contributed by atoms with Gasteiger partial charge in [0.2, 0.25) is 0 Å². The lowest BCUT2D eigenvalue weighted by Crippen LogP contribution is -2.12. The molecule has 4 rings (SSSR count). The van der Waals surface area contributed by atoms with E-state index >= 15 is 0 Å². The first-order chi connectivity index (χ1) is 14.1. The van der Waals surface area contributed by atoms with Gasteiger partial charge in [-0.05, 0) is 35.4 Å². The molecular weight excluding hydrogens is 368 g/mol. The Morgan fingerprint density at radius 1 is 0.897 bits per heavy atom. The Hall–Kier alpha value is -3.93. The Morgan fingerprint density at radius 2 is 1.62 bits per heavy atom. The molecule has 0 aliphatic heterocycles. The Kier molecular flexibility index (Phi) is 4.83. The van der Waals surface area contributed by atoms with Gasteiger partial charge in [-0.15, -0.1) is 0 Å². The normalized spacial score (nSPS) is 10.7. The van der Waals surface area contributed by atoms with Crippen LogP contribution in [-0.4, -0.2) is 20.1 Å². The first-order valence-corrected chi connectivity index (χ1v) is 9.01. The van der Waals surface area contributed by atoms with Crippen LogP contribution < -0.4 is 20.5 Å². The minimum absolute atomic E-state index is 0.167. The number of carbonyl (C=O) groups excluding carboxylic acids is 1. The van der Waals surface area contributed by atoms with Gasteiger partial charge < -0.3 is 24.9 Å². The molecule has 0 atom stereocenters. The number of carbonyl (C=O) groups is 1. The lowest BCUT2D eigenvalue weighted by Gasteiger charge is -2.10. The van der Waals surface area contributed by atoms with E-state index in [1.165, 1.54) is 0 Å². The van der Waals surface area contributed by atoms with Gasteiger partial charge in [-0.25, -0.2) is 0 Å². The summed E-state index contributed by atoms with van der Waals surface area (Å²) in [6.45, 7) is 0. The van der Waals surface area contributed by atoms with Crippen molar-refractivity contribution in [2.45, 2.75) is 0 Å². The summed E-state index contributed by atoms with van der Waals surface area (Å²) in [6.07, 6.45) is 0. The highest BCUT2D eigenvalue weighted by Crippen LogP contribution is 2.34. The van der Waals surface area contributed by atoms with Crippen molar-refractivity contribution in [2.75, 3.05) is 25.3 Å². The van der Waals surface area contributed by atoms with Gasteiger partial charge in [0.15, 0.2) is 17.3 Å². The first-order valence-electron chi connectivity index (χ1n) is 9.01. The molecule has 0 radical (unpaired) electrons. The van der Waals surface area contributed by atoms with Crippen LogP contribution in [0.2, 0.25) is 0 Å². The molecule has 4 aromatic rings. The zero-order chi connectivity index (χ0) is 20.4. The molecule has 3 aromatic carbocycles. The number of nitrogens with one attached hydrogen (secondary N) is 1. The predicted molar refractivity (Wildman–Crippen MR) is 114 cm³/mol. The van der Waals surface area contributed by atoms with E-state index in [-0.39, 0.29) is 5.76 Å². The number of hydrogen-bond acceptors (Lipinski definition) is 5. The topological polar surface area (TPSA) is 86.7 Å².